The molecule has 1 aromatic rings. The summed E-state index contributed by atoms with van der Waals surface area (Å²) in [4.78, 5) is 14.2. The number of carbonyl (C=O) groups is 1. The Hall–Kier alpha value is -1.65. The summed E-state index contributed by atoms with van der Waals surface area (Å²) in [5.41, 5.74) is 1.36. The summed E-state index contributed by atoms with van der Waals surface area (Å²) in [6.07, 6.45) is 3.81. The first-order chi connectivity index (χ1) is 10.3. The van der Waals surface area contributed by atoms with E-state index in [4.69, 9.17) is 0 Å². The predicted octanol–water partition coefficient (Wildman–Crippen LogP) is 1.54. The van der Waals surface area contributed by atoms with Crippen molar-refractivity contribution in [1.29, 1.82) is 0 Å². The van der Waals surface area contributed by atoms with Crippen LogP contribution in [0.1, 0.15) is 18.4 Å². The summed E-state index contributed by atoms with van der Waals surface area (Å²) in [5.74, 6) is 0.0818. The normalized spacial score (nSPS) is 16.6. The number of hydrogen-bond acceptors (Lipinski definition) is 3. The van der Waals surface area contributed by atoms with Crippen molar-refractivity contribution in [2.45, 2.75) is 25.4 Å². The molecule has 1 aliphatic heterocycles. The molecule has 114 valence electrons. The molecule has 0 aromatic heterocycles. The Labute approximate surface area is 127 Å². The molecule has 2 N–H and O–H groups in total. The molecule has 0 bridgehead atoms. The zero-order valence-corrected chi connectivity index (χ0v) is 12.6. The van der Waals surface area contributed by atoms with E-state index in [1.165, 1.54) is 5.56 Å². The van der Waals surface area contributed by atoms with Crippen LogP contribution in [0, 0.1) is 0 Å². The molecule has 2 rings (SSSR count). The second-order valence-corrected chi connectivity index (χ2v) is 5.52. The Bertz CT molecular complexity index is 439. The van der Waals surface area contributed by atoms with Crippen molar-refractivity contribution in [1.82, 2.24) is 15.5 Å². The average molecular weight is 287 g/mol. The standard InChI is InChI=1S/C17H25N3O/c1-2-10-18-13-17(21)19-16-8-11-20(12-9-16)14-15-6-4-3-5-7-15/h2-7,16,18H,1,8-14H2,(H,19,21). The maximum absolute atomic E-state index is 11.7. The fourth-order valence-corrected chi connectivity index (χ4v) is 2.64. The molecule has 0 spiro atoms. The Morgan fingerprint density at radius 3 is 2.67 bits per heavy atom. The van der Waals surface area contributed by atoms with E-state index < -0.39 is 0 Å². The van der Waals surface area contributed by atoms with Crippen molar-refractivity contribution < 1.29 is 4.79 Å². The number of hydrogen-bond donors (Lipinski definition) is 2. The van der Waals surface area contributed by atoms with Crippen molar-refractivity contribution in [2.24, 2.45) is 0 Å². The minimum atomic E-state index is 0.0818. The second-order valence-electron chi connectivity index (χ2n) is 5.52. The lowest BCUT2D eigenvalue weighted by molar-refractivity contribution is -0.121. The molecule has 0 radical (unpaired) electrons. The van der Waals surface area contributed by atoms with Gasteiger partial charge in [-0.05, 0) is 18.4 Å². The van der Waals surface area contributed by atoms with Crippen LogP contribution in [-0.2, 0) is 11.3 Å². The number of amides is 1. The zero-order valence-electron chi connectivity index (χ0n) is 12.6. The van der Waals surface area contributed by atoms with Crippen molar-refractivity contribution in [3.05, 3.63) is 48.6 Å². The molecule has 1 aliphatic rings. The van der Waals surface area contributed by atoms with Gasteiger partial charge in [0.1, 0.15) is 0 Å². The number of benzene rings is 1. The molecular formula is C17H25N3O. The van der Waals surface area contributed by atoms with Gasteiger partial charge in [-0.25, -0.2) is 0 Å². The molecule has 4 heteroatoms. The number of carbonyl (C=O) groups excluding carboxylic acids is 1. The highest BCUT2D eigenvalue weighted by molar-refractivity contribution is 5.78. The molecule has 21 heavy (non-hydrogen) atoms. The third-order valence-corrected chi connectivity index (χ3v) is 3.78. The first-order valence-electron chi connectivity index (χ1n) is 7.65. The monoisotopic (exact) mass is 287 g/mol. The van der Waals surface area contributed by atoms with Crippen LogP contribution in [0.2, 0.25) is 0 Å². The Morgan fingerprint density at radius 2 is 2.00 bits per heavy atom. The van der Waals surface area contributed by atoms with Gasteiger partial charge in [-0.3, -0.25) is 9.69 Å². The van der Waals surface area contributed by atoms with Gasteiger partial charge >= 0.3 is 0 Å². The number of rotatable bonds is 7. The van der Waals surface area contributed by atoms with Gasteiger partial charge in [0.15, 0.2) is 0 Å². The van der Waals surface area contributed by atoms with Crippen LogP contribution >= 0.6 is 0 Å². The van der Waals surface area contributed by atoms with Crippen LogP contribution in [0.15, 0.2) is 43.0 Å². The molecule has 1 heterocycles. The Balaban J connectivity index is 1.66. The second kappa shape index (κ2) is 8.60. The molecule has 0 saturated carbocycles. The molecule has 0 unspecified atom stereocenters. The van der Waals surface area contributed by atoms with E-state index in [1.807, 2.05) is 6.07 Å². The molecule has 1 aromatic carbocycles. The first-order valence-corrected chi connectivity index (χ1v) is 7.65. The van der Waals surface area contributed by atoms with Gasteiger partial charge in [-0.2, -0.15) is 0 Å². The molecular weight excluding hydrogens is 262 g/mol. The highest BCUT2D eigenvalue weighted by atomic mass is 16.1. The number of likely N-dealkylation sites (tertiary alicyclic amines) is 1. The van der Waals surface area contributed by atoms with E-state index >= 15 is 0 Å². The Kier molecular flexibility index (Phi) is 6.44. The average Bonchev–Trinajstić information content (AvgIpc) is 2.51. The summed E-state index contributed by atoms with van der Waals surface area (Å²) in [6, 6.07) is 10.9. The van der Waals surface area contributed by atoms with Crippen molar-refractivity contribution in [2.75, 3.05) is 26.2 Å². The third-order valence-electron chi connectivity index (χ3n) is 3.78. The predicted molar refractivity (Wildman–Crippen MR) is 86.0 cm³/mol. The highest BCUT2D eigenvalue weighted by Gasteiger charge is 2.20. The number of nitrogens with zero attached hydrogens (tertiary/aromatic N) is 1. The smallest absolute Gasteiger partial charge is 0.234 e. The van der Waals surface area contributed by atoms with E-state index in [0.29, 0.717) is 19.1 Å². The molecule has 0 atom stereocenters. The van der Waals surface area contributed by atoms with E-state index in [0.717, 1.165) is 32.5 Å². The van der Waals surface area contributed by atoms with Crippen LogP contribution in [0.25, 0.3) is 0 Å². The zero-order chi connectivity index (χ0) is 14.9. The minimum Gasteiger partial charge on any atom is -0.352 e. The van der Waals surface area contributed by atoms with Gasteiger partial charge in [0.2, 0.25) is 5.91 Å². The SMILES string of the molecule is C=CCNCC(=O)NC1CCN(Cc2ccccc2)CC1. The van der Waals surface area contributed by atoms with Gasteiger partial charge in [-0.15, -0.1) is 6.58 Å². The van der Waals surface area contributed by atoms with E-state index in [2.05, 4.69) is 46.4 Å². The number of nitrogens with one attached hydrogen (secondary N) is 2. The summed E-state index contributed by atoms with van der Waals surface area (Å²) >= 11 is 0. The largest absolute Gasteiger partial charge is 0.352 e. The minimum absolute atomic E-state index is 0.0818. The molecule has 4 nitrogen and oxygen atoms in total. The van der Waals surface area contributed by atoms with Gasteiger partial charge in [0, 0.05) is 32.2 Å². The maximum Gasteiger partial charge on any atom is 0.234 e. The molecule has 1 amide bonds. The lowest BCUT2D eigenvalue weighted by Gasteiger charge is -2.32. The van der Waals surface area contributed by atoms with Gasteiger partial charge in [0.25, 0.3) is 0 Å². The summed E-state index contributed by atoms with van der Waals surface area (Å²) < 4.78 is 0. The van der Waals surface area contributed by atoms with Gasteiger partial charge in [0.05, 0.1) is 6.54 Å². The van der Waals surface area contributed by atoms with E-state index in [1.54, 1.807) is 6.08 Å². The summed E-state index contributed by atoms with van der Waals surface area (Å²) in [5, 5.41) is 6.13. The van der Waals surface area contributed by atoms with Crippen LogP contribution in [0.3, 0.4) is 0 Å². The molecule has 1 fully saturated rings. The molecule has 1 saturated heterocycles. The van der Waals surface area contributed by atoms with E-state index in [9.17, 15) is 4.79 Å². The quantitative estimate of drug-likeness (QED) is 0.591. The maximum atomic E-state index is 11.7. The van der Waals surface area contributed by atoms with E-state index in [-0.39, 0.29) is 5.91 Å². The van der Waals surface area contributed by atoms with Crippen LogP contribution < -0.4 is 10.6 Å². The topological polar surface area (TPSA) is 44.4 Å². The van der Waals surface area contributed by atoms with Gasteiger partial charge in [-0.1, -0.05) is 36.4 Å². The Morgan fingerprint density at radius 1 is 1.29 bits per heavy atom. The van der Waals surface area contributed by atoms with Crippen LogP contribution in [0.4, 0.5) is 0 Å². The van der Waals surface area contributed by atoms with Crippen molar-refractivity contribution >= 4 is 5.91 Å². The fourth-order valence-electron chi connectivity index (χ4n) is 2.64. The summed E-state index contributed by atoms with van der Waals surface area (Å²) in [7, 11) is 0. The lowest BCUT2D eigenvalue weighted by atomic mass is 10.0. The highest BCUT2D eigenvalue weighted by Crippen LogP contribution is 2.13. The summed E-state index contributed by atoms with van der Waals surface area (Å²) in [6.45, 7) is 7.74. The van der Waals surface area contributed by atoms with Crippen LogP contribution in [-0.4, -0.2) is 43.0 Å². The molecule has 0 aliphatic carbocycles. The van der Waals surface area contributed by atoms with Crippen molar-refractivity contribution in [3.63, 3.8) is 0 Å². The van der Waals surface area contributed by atoms with Crippen molar-refractivity contribution in [3.8, 4) is 0 Å². The fraction of sp³-hybridized carbons (Fsp3) is 0.471. The lowest BCUT2D eigenvalue weighted by Crippen LogP contribution is -2.46. The third kappa shape index (κ3) is 5.69. The van der Waals surface area contributed by atoms with Crippen LogP contribution in [0.5, 0.6) is 0 Å². The number of piperidine rings is 1. The van der Waals surface area contributed by atoms with Gasteiger partial charge < -0.3 is 10.6 Å². The first kappa shape index (κ1) is 15.7.